The molecule has 0 unspecified atom stereocenters. The van der Waals surface area contributed by atoms with E-state index in [2.05, 4.69) is 106 Å². The molecule has 2 nitrogen and oxygen atoms in total. The second-order valence-electron chi connectivity index (χ2n) is 13.8. The van der Waals surface area contributed by atoms with Crippen LogP contribution in [0.4, 0.5) is 0 Å². The van der Waals surface area contributed by atoms with Gasteiger partial charge in [-0.15, -0.1) is 0 Å². The Hall–Kier alpha value is -2.56. The monoisotopic (exact) mass is 768 g/mol. The quantitative estimate of drug-likeness (QED) is 0.0737. The highest BCUT2D eigenvalue weighted by Crippen LogP contribution is 2.35. The molecule has 0 spiro atoms. The molecule has 5 rings (SSSR count). The summed E-state index contributed by atoms with van der Waals surface area (Å²) in [5.41, 5.74) is 6.74. The lowest BCUT2D eigenvalue weighted by Gasteiger charge is -2.11. The molecular formula is C44H54Br2N2. The Kier molecular flexibility index (Phi) is 15.0. The van der Waals surface area contributed by atoms with Gasteiger partial charge in [0, 0.05) is 20.1 Å². The van der Waals surface area contributed by atoms with E-state index in [0.717, 1.165) is 44.3 Å². The van der Waals surface area contributed by atoms with Gasteiger partial charge in [-0.05, 0) is 82.6 Å². The Morgan fingerprint density at radius 2 is 0.792 bits per heavy atom. The fraction of sp³-hybridized carbons (Fsp3) is 0.455. The highest BCUT2D eigenvalue weighted by atomic mass is 79.9. The van der Waals surface area contributed by atoms with Crippen molar-refractivity contribution in [3.8, 4) is 22.5 Å². The summed E-state index contributed by atoms with van der Waals surface area (Å²) in [6.07, 6.45) is 27.8. The third kappa shape index (κ3) is 10.7. The highest BCUT2D eigenvalue weighted by molar-refractivity contribution is 9.11. The van der Waals surface area contributed by atoms with Crippen LogP contribution in [0.1, 0.15) is 128 Å². The van der Waals surface area contributed by atoms with Gasteiger partial charge < -0.3 is 0 Å². The molecule has 4 heteroatoms. The zero-order chi connectivity index (χ0) is 33.6. The predicted octanol–water partition coefficient (Wildman–Crippen LogP) is 15.0. The molecule has 1 heterocycles. The summed E-state index contributed by atoms with van der Waals surface area (Å²) in [6.45, 7) is 4.57. The summed E-state index contributed by atoms with van der Waals surface area (Å²) in [6, 6.07) is 22.8. The second kappa shape index (κ2) is 19.6. The average molecular weight is 771 g/mol. The maximum atomic E-state index is 4.88. The number of halogens is 2. The number of fused-ring (bicyclic) bond motifs is 2. The van der Waals surface area contributed by atoms with Crippen LogP contribution in [0.2, 0.25) is 0 Å². The van der Waals surface area contributed by atoms with Crippen LogP contribution in [0.5, 0.6) is 0 Å². The van der Waals surface area contributed by atoms with E-state index in [-0.39, 0.29) is 0 Å². The van der Waals surface area contributed by atoms with Gasteiger partial charge in [0.2, 0.25) is 0 Å². The first kappa shape index (κ1) is 36.7. The molecule has 0 atom stereocenters. The van der Waals surface area contributed by atoms with E-state index >= 15 is 0 Å². The van der Waals surface area contributed by atoms with Gasteiger partial charge >= 0.3 is 0 Å². The zero-order valence-electron chi connectivity index (χ0n) is 29.3. The van der Waals surface area contributed by atoms with Crippen molar-refractivity contribution in [2.75, 3.05) is 0 Å². The van der Waals surface area contributed by atoms with Crippen molar-refractivity contribution < 1.29 is 0 Å². The molecule has 0 N–H and O–H groups in total. The molecular weight excluding hydrogens is 716 g/mol. The fourth-order valence-corrected chi connectivity index (χ4v) is 8.00. The minimum atomic E-state index is 0.873. The molecule has 0 saturated carbocycles. The van der Waals surface area contributed by atoms with E-state index in [4.69, 9.17) is 9.97 Å². The van der Waals surface area contributed by atoms with E-state index in [1.807, 2.05) is 12.4 Å². The van der Waals surface area contributed by atoms with Gasteiger partial charge in [-0.3, -0.25) is 9.97 Å². The van der Waals surface area contributed by atoms with Crippen LogP contribution in [0.3, 0.4) is 0 Å². The summed E-state index contributed by atoms with van der Waals surface area (Å²) in [4.78, 5) is 9.77. The van der Waals surface area contributed by atoms with Gasteiger partial charge in [0.1, 0.15) is 0 Å². The van der Waals surface area contributed by atoms with Gasteiger partial charge in [-0.25, -0.2) is 0 Å². The lowest BCUT2D eigenvalue weighted by molar-refractivity contribution is 0.575. The summed E-state index contributed by atoms with van der Waals surface area (Å²) < 4.78 is 2.10. The minimum absolute atomic E-state index is 0.873. The number of aromatic nitrogens is 2. The normalized spacial score (nSPS) is 11.6. The van der Waals surface area contributed by atoms with Crippen LogP contribution in [0.15, 0.2) is 82.0 Å². The largest absolute Gasteiger partial charge is 0.252 e. The maximum Gasteiger partial charge on any atom is 0.0897 e. The maximum absolute atomic E-state index is 4.88. The molecule has 254 valence electrons. The van der Waals surface area contributed by atoms with Gasteiger partial charge in [0.25, 0.3) is 0 Å². The summed E-state index contributed by atoms with van der Waals surface area (Å²) in [7, 11) is 0. The van der Waals surface area contributed by atoms with Gasteiger partial charge in [-0.2, -0.15) is 0 Å². The number of rotatable bonds is 20. The minimum Gasteiger partial charge on any atom is -0.252 e. The summed E-state index contributed by atoms with van der Waals surface area (Å²) in [5.74, 6) is 0. The molecule has 0 aliphatic rings. The van der Waals surface area contributed by atoms with Crippen LogP contribution < -0.4 is 0 Å². The van der Waals surface area contributed by atoms with Crippen molar-refractivity contribution in [2.45, 2.75) is 129 Å². The summed E-state index contributed by atoms with van der Waals surface area (Å²) in [5, 5.41) is 5.01. The van der Waals surface area contributed by atoms with Crippen LogP contribution in [0, 0.1) is 0 Å². The van der Waals surface area contributed by atoms with Gasteiger partial charge in [0.15, 0.2) is 0 Å². The van der Waals surface area contributed by atoms with E-state index in [0.29, 0.717) is 0 Å². The standard InChI is InChI=1S/C44H54Br2N2/c1-3-5-7-9-11-13-15-17-19-33-21-23-35-27-39(41(45)29-37(35)25-33)43-31-48-44(32-47-43)40-28-36-24-22-34(26-38(36)30-42(40)46)20-18-16-14-12-10-8-6-4-2/h21-32H,3-20H2,1-2H3. The van der Waals surface area contributed by atoms with Crippen LogP contribution in [-0.4, -0.2) is 9.97 Å². The van der Waals surface area contributed by atoms with Crippen molar-refractivity contribution in [2.24, 2.45) is 0 Å². The van der Waals surface area contributed by atoms with Crippen LogP contribution in [-0.2, 0) is 12.8 Å². The number of benzene rings is 4. The SMILES string of the molecule is CCCCCCCCCCc1ccc2cc(-c3cnc(-c4cc5ccc(CCCCCCCCCC)cc5cc4Br)cn3)c(Br)cc2c1. The Labute approximate surface area is 306 Å². The first-order valence-corrected chi connectivity index (χ1v) is 20.4. The molecule has 0 fully saturated rings. The van der Waals surface area contributed by atoms with Crippen molar-refractivity contribution in [3.05, 3.63) is 93.1 Å². The molecule has 0 amide bonds. The summed E-state index contributed by atoms with van der Waals surface area (Å²) >= 11 is 7.69. The van der Waals surface area contributed by atoms with Gasteiger partial charge in [-0.1, -0.05) is 172 Å². The molecule has 48 heavy (non-hydrogen) atoms. The number of nitrogens with zero attached hydrogens (tertiary/aromatic N) is 2. The fourth-order valence-electron chi connectivity index (χ4n) is 6.87. The van der Waals surface area contributed by atoms with E-state index < -0.39 is 0 Å². The highest BCUT2D eigenvalue weighted by Gasteiger charge is 2.12. The Balaban J connectivity index is 1.18. The number of aryl methyl sites for hydroxylation is 2. The number of unbranched alkanes of at least 4 members (excludes halogenated alkanes) is 14. The zero-order valence-corrected chi connectivity index (χ0v) is 32.5. The van der Waals surface area contributed by atoms with Crippen molar-refractivity contribution in [1.82, 2.24) is 9.97 Å². The lowest BCUT2D eigenvalue weighted by Crippen LogP contribution is -1.93. The first-order valence-electron chi connectivity index (χ1n) is 18.8. The Bertz CT molecular complexity index is 1600. The third-order valence-corrected chi connectivity index (χ3v) is 11.1. The third-order valence-electron chi connectivity index (χ3n) is 9.82. The van der Waals surface area contributed by atoms with Crippen LogP contribution >= 0.6 is 31.9 Å². The average Bonchev–Trinajstić information content (AvgIpc) is 3.10. The van der Waals surface area contributed by atoms with Crippen LogP contribution in [0.25, 0.3) is 44.1 Å². The molecule has 0 aliphatic carbocycles. The van der Waals surface area contributed by atoms with Crippen molar-refractivity contribution in [1.29, 1.82) is 0 Å². The van der Waals surface area contributed by atoms with E-state index in [1.165, 1.54) is 135 Å². The predicted molar refractivity (Wildman–Crippen MR) is 216 cm³/mol. The van der Waals surface area contributed by atoms with Crippen molar-refractivity contribution >= 4 is 53.4 Å². The molecule has 0 saturated heterocycles. The number of hydrogen-bond acceptors (Lipinski definition) is 2. The molecule has 0 radical (unpaired) electrons. The van der Waals surface area contributed by atoms with Crippen molar-refractivity contribution in [3.63, 3.8) is 0 Å². The topological polar surface area (TPSA) is 25.8 Å². The smallest absolute Gasteiger partial charge is 0.0897 e. The molecule has 0 aliphatic heterocycles. The first-order chi connectivity index (χ1) is 23.6. The molecule has 4 aromatic carbocycles. The molecule has 0 bridgehead atoms. The lowest BCUT2D eigenvalue weighted by atomic mass is 9.99. The molecule has 1 aromatic heterocycles. The van der Waals surface area contributed by atoms with E-state index in [9.17, 15) is 0 Å². The Morgan fingerprint density at radius 1 is 0.417 bits per heavy atom. The number of hydrogen-bond donors (Lipinski definition) is 0. The molecule has 5 aromatic rings. The Morgan fingerprint density at radius 3 is 1.17 bits per heavy atom. The van der Waals surface area contributed by atoms with Gasteiger partial charge in [0.05, 0.1) is 23.8 Å². The second-order valence-corrected chi connectivity index (χ2v) is 15.5. The van der Waals surface area contributed by atoms with E-state index in [1.54, 1.807) is 0 Å².